The maximum atomic E-state index is 11.5. The van der Waals surface area contributed by atoms with Gasteiger partial charge in [0.1, 0.15) is 17.2 Å². The first kappa shape index (κ1) is 12.6. The number of carbonyl (C=O) groups is 2. The second-order valence-corrected chi connectivity index (χ2v) is 3.89. The van der Waals surface area contributed by atoms with E-state index in [0.717, 1.165) is 11.5 Å². The predicted molar refractivity (Wildman–Crippen MR) is 59.1 cm³/mol. The largest absolute Gasteiger partial charge is 0.478 e. The van der Waals surface area contributed by atoms with Crippen LogP contribution in [0, 0.1) is 6.92 Å². The zero-order chi connectivity index (χ0) is 12.3. The van der Waals surface area contributed by atoms with Crippen LogP contribution < -0.4 is 4.90 Å². The highest BCUT2D eigenvalue weighted by molar-refractivity contribution is 7.11. The number of nitrogens with zero attached hydrogens (tertiary/aromatic N) is 2. The van der Waals surface area contributed by atoms with Gasteiger partial charge in [-0.25, -0.2) is 4.79 Å². The molecule has 1 amide bonds. The minimum atomic E-state index is -1.08. The number of aryl methyl sites for hydroxylation is 1. The molecule has 0 fully saturated rings. The standard InChI is InChI=1S/C9H12N2O4S/c1-5-7(9(13)14)8(16-10-5)11(2)6(12)4-15-3/h4H2,1-3H3,(H,13,14). The van der Waals surface area contributed by atoms with Crippen LogP contribution in [0.1, 0.15) is 16.1 Å². The summed E-state index contributed by atoms with van der Waals surface area (Å²) in [5.74, 6) is -1.40. The Morgan fingerprint density at radius 2 is 2.19 bits per heavy atom. The van der Waals surface area contributed by atoms with Gasteiger partial charge in [-0.3, -0.25) is 4.79 Å². The summed E-state index contributed by atoms with van der Waals surface area (Å²) in [7, 11) is 2.91. The van der Waals surface area contributed by atoms with Gasteiger partial charge in [0.15, 0.2) is 0 Å². The van der Waals surface area contributed by atoms with Gasteiger partial charge in [-0.05, 0) is 18.5 Å². The molecule has 0 aliphatic rings. The average molecular weight is 244 g/mol. The number of methoxy groups -OCH3 is 1. The minimum Gasteiger partial charge on any atom is -0.478 e. The molecule has 16 heavy (non-hydrogen) atoms. The molecule has 0 unspecified atom stereocenters. The first-order valence-electron chi connectivity index (χ1n) is 4.44. The quantitative estimate of drug-likeness (QED) is 0.845. The fourth-order valence-corrected chi connectivity index (χ4v) is 2.03. The number of carbonyl (C=O) groups excluding carboxylic acids is 1. The predicted octanol–water partition coefficient (Wildman–Crippen LogP) is 0.759. The molecule has 1 aromatic heterocycles. The molecule has 0 aliphatic carbocycles. The molecular formula is C9H12N2O4S. The van der Waals surface area contributed by atoms with Crippen molar-refractivity contribution in [3.05, 3.63) is 11.3 Å². The number of aromatic carboxylic acids is 1. The van der Waals surface area contributed by atoms with Gasteiger partial charge in [0, 0.05) is 14.2 Å². The lowest BCUT2D eigenvalue weighted by Crippen LogP contribution is -2.30. The second kappa shape index (κ2) is 5.04. The number of hydrogen-bond acceptors (Lipinski definition) is 5. The third kappa shape index (κ3) is 2.37. The number of carboxylic acids is 1. The van der Waals surface area contributed by atoms with Crippen LogP contribution in [0.4, 0.5) is 5.00 Å². The number of likely N-dealkylation sites (N-methyl/N-ethyl adjacent to an activating group) is 1. The summed E-state index contributed by atoms with van der Waals surface area (Å²) in [5.41, 5.74) is 0.474. The van der Waals surface area contributed by atoms with E-state index in [0.29, 0.717) is 10.7 Å². The van der Waals surface area contributed by atoms with Crippen LogP contribution in [0.2, 0.25) is 0 Å². The van der Waals surface area contributed by atoms with Crippen molar-refractivity contribution in [2.75, 3.05) is 25.7 Å². The molecule has 0 saturated carbocycles. The average Bonchev–Trinajstić information content (AvgIpc) is 2.59. The number of anilines is 1. The lowest BCUT2D eigenvalue weighted by Gasteiger charge is -2.14. The van der Waals surface area contributed by atoms with E-state index in [1.165, 1.54) is 19.1 Å². The van der Waals surface area contributed by atoms with Crippen molar-refractivity contribution in [2.24, 2.45) is 0 Å². The molecule has 0 spiro atoms. The van der Waals surface area contributed by atoms with Crippen LogP contribution in [-0.4, -0.2) is 42.1 Å². The molecule has 88 valence electrons. The molecule has 0 aromatic carbocycles. The zero-order valence-electron chi connectivity index (χ0n) is 9.18. The molecule has 1 aromatic rings. The van der Waals surface area contributed by atoms with Gasteiger partial charge >= 0.3 is 5.97 Å². The van der Waals surface area contributed by atoms with Gasteiger partial charge in [-0.1, -0.05) is 0 Å². The maximum absolute atomic E-state index is 11.5. The van der Waals surface area contributed by atoms with E-state index in [1.54, 1.807) is 6.92 Å². The molecule has 1 N–H and O–H groups in total. The van der Waals surface area contributed by atoms with Crippen LogP contribution in [-0.2, 0) is 9.53 Å². The lowest BCUT2D eigenvalue weighted by molar-refractivity contribution is -0.121. The molecular weight excluding hydrogens is 232 g/mol. The fraction of sp³-hybridized carbons (Fsp3) is 0.444. The van der Waals surface area contributed by atoms with Gasteiger partial charge in [0.2, 0.25) is 0 Å². The zero-order valence-corrected chi connectivity index (χ0v) is 10.00. The molecule has 0 saturated heterocycles. The summed E-state index contributed by atoms with van der Waals surface area (Å²) in [6.07, 6.45) is 0. The molecule has 7 heteroatoms. The summed E-state index contributed by atoms with van der Waals surface area (Å²) >= 11 is 0.985. The van der Waals surface area contributed by atoms with Crippen molar-refractivity contribution in [3.8, 4) is 0 Å². The normalized spacial score (nSPS) is 10.2. The monoisotopic (exact) mass is 244 g/mol. The van der Waals surface area contributed by atoms with Crippen molar-refractivity contribution in [1.29, 1.82) is 0 Å². The van der Waals surface area contributed by atoms with Crippen LogP contribution in [0.5, 0.6) is 0 Å². The summed E-state index contributed by atoms with van der Waals surface area (Å²) in [6.45, 7) is 1.50. The molecule has 0 bridgehead atoms. The van der Waals surface area contributed by atoms with Gasteiger partial charge in [0.25, 0.3) is 5.91 Å². The summed E-state index contributed by atoms with van der Waals surface area (Å²) in [6, 6.07) is 0. The molecule has 1 heterocycles. The van der Waals surface area contributed by atoms with Crippen LogP contribution in [0.25, 0.3) is 0 Å². The lowest BCUT2D eigenvalue weighted by atomic mass is 10.2. The highest BCUT2D eigenvalue weighted by atomic mass is 32.1. The minimum absolute atomic E-state index is 0.0666. The van der Waals surface area contributed by atoms with Crippen molar-refractivity contribution in [3.63, 3.8) is 0 Å². The highest BCUT2D eigenvalue weighted by Gasteiger charge is 2.23. The van der Waals surface area contributed by atoms with E-state index in [2.05, 4.69) is 4.37 Å². The number of aromatic nitrogens is 1. The Morgan fingerprint density at radius 3 is 2.69 bits per heavy atom. The fourth-order valence-electron chi connectivity index (χ4n) is 1.17. The first-order valence-corrected chi connectivity index (χ1v) is 5.21. The summed E-state index contributed by atoms with van der Waals surface area (Å²) in [4.78, 5) is 23.7. The second-order valence-electron chi connectivity index (χ2n) is 3.14. The summed E-state index contributed by atoms with van der Waals surface area (Å²) < 4.78 is 8.63. The molecule has 0 atom stereocenters. The smallest absolute Gasteiger partial charge is 0.340 e. The van der Waals surface area contributed by atoms with Crippen molar-refractivity contribution >= 4 is 28.4 Å². The van der Waals surface area contributed by atoms with Crippen LogP contribution >= 0.6 is 11.5 Å². The Balaban J connectivity index is 3.04. The Kier molecular flexibility index (Phi) is 3.97. The van der Waals surface area contributed by atoms with Crippen molar-refractivity contribution in [2.45, 2.75) is 6.92 Å². The van der Waals surface area contributed by atoms with Crippen LogP contribution in [0.15, 0.2) is 0 Å². The van der Waals surface area contributed by atoms with E-state index in [9.17, 15) is 9.59 Å². The number of carboxylic acid groups (broad SMARTS) is 1. The third-order valence-corrected chi connectivity index (χ3v) is 3.02. The SMILES string of the molecule is COCC(=O)N(C)c1snc(C)c1C(=O)O. The maximum Gasteiger partial charge on any atom is 0.340 e. The van der Waals surface area contributed by atoms with Crippen molar-refractivity contribution < 1.29 is 19.4 Å². The molecule has 0 aliphatic heterocycles. The van der Waals surface area contributed by atoms with E-state index < -0.39 is 5.97 Å². The number of amides is 1. The Hall–Kier alpha value is -1.47. The van der Waals surface area contributed by atoms with Gasteiger partial charge < -0.3 is 14.7 Å². The number of ether oxygens (including phenoxy) is 1. The topological polar surface area (TPSA) is 79.7 Å². The van der Waals surface area contributed by atoms with E-state index >= 15 is 0 Å². The number of rotatable bonds is 4. The first-order chi connectivity index (χ1) is 7.49. The van der Waals surface area contributed by atoms with E-state index in [-0.39, 0.29) is 18.1 Å². The summed E-state index contributed by atoms with van der Waals surface area (Å²) in [5, 5.41) is 9.32. The Bertz CT molecular complexity index is 416. The Morgan fingerprint density at radius 1 is 1.56 bits per heavy atom. The Labute approximate surface area is 96.6 Å². The van der Waals surface area contributed by atoms with E-state index in [1.807, 2.05) is 0 Å². The van der Waals surface area contributed by atoms with Crippen LogP contribution in [0.3, 0.4) is 0 Å². The van der Waals surface area contributed by atoms with Gasteiger partial charge in [0.05, 0.1) is 5.69 Å². The highest BCUT2D eigenvalue weighted by Crippen LogP contribution is 2.27. The third-order valence-electron chi connectivity index (χ3n) is 2.01. The van der Waals surface area contributed by atoms with Gasteiger partial charge in [-0.15, -0.1) is 0 Å². The van der Waals surface area contributed by atoms with E-state index in [4.69, 9.17) is 9.84 Å². The molecule has 0 radical (unpaired) electrons. The molecule has 6 nitrogen and oxygen atoms in total. The number of hydrogen-bond donors (Lipinski definition) is 1. The van der Waals surface area contributed by atoms with Gasteiger partial charge in [-0.2, -0.15) is 4.37 Å². The van der Waals surface area contributed by atoms with Crippen molar-refractivity contribution in [1.82, 2.24) is 4.37 Å². The molecule has 1 rings (SSSR count).